The molecule has 0 spiro atoms. The lowest BCUT2D eigenvalue weighted by atomic mass is 10.1. The van der Waals surface area contributed by atoms with Crippen LogP contribution < -0.4 is 0 Å². The molecule has 5 heteroatoms. The largest absolute Gasteiger partial charge is 0.387 e. The summed E-state index contributed by atoms with van der Waals surface area (Å²) in [6.07, 6.45) is 1.40. The Bertz CT molecular complexity index is 529. The third-order valence-electron chi connectivity index (χ3n) is 2.39. The summed E-state index contributed by atoms with van der Waals surface area (Å²) in [5, 5.41) is 10.9. The third kappa shape index (κ3) is 3.12. The van der Waals surface area contributed by atoms with Crippen molar-refractivity contribution < 1.29 is 9.50 Å². The highest BCUT2D eigenvalue weighted by Gasteiger charge is 2.13. The average Bonchev–Trinajstić information content (AvgIpc) is 2.70. The summed E-state index contributed by atoms with van der Waals surface area (Å²) in [6.45, 7) is 1.89. The summed E-state index contributed by atoms with van der Waals surface area (Å²) in [4.78, 5) is 4.90. The molecule has 0 aliphatic carbocycles. The minimum atomic E-state index is -0.640. The van der Waals surface area contributed by atoms with Crippen LogP contribution in [0.1, 0.15) is 21.6 Å². The monoisotopic (exact) mass is 315 g/mol. The van der Waals surface area contributed by atoms with Gasteiger partial charge < -0.3 is 5.11 Å². The predicted molar refractivity (Wildman–Crippen MR) is 69.6 cm³/mol. The van der Waals surface area contributed by atoms with E-state index >= 15 is 0 Å². The van der Waals surface area contributed by atoms with E-state index in [1.54, 1.807) is 12.3 Å². The molecule has 17 heavy (non-hydrogen) atoms. The summed E-state index contributed by atoms with van der Waals surface area (Å²) in [5.74, 6) is -0.295. The molecule has 1 N–H and O–H groups in total. The molecule has 0 saturated carbocycles. The van der Waals surface area contributed by atoms with Gasteiger partial charge in [0.15, 0.2) is 0 Å². The van der Waals surface area contributed by atoms with E-state index < -0.39 is 6.10 Å². The molecule has 90 valence electrons. The van der Waals surface area contributed by atoms with Gasteiger partial charge in [-0.25, -0.2) is 9.37 Å². The number of thiazole rings is 1. The third-order valence-corrected chi connectivity index (χ3v) is 4.18. The topological polar surface area (TPSA) is 33.1 Å². The Morgan fingerprint density at radius 1 is 1.53 bits per heavy atom. The number of hydrogen-bond donors (Lipinski definition) is 1. The van der Waals surface area contributed by atoms with Crippen molar-refractivity contribution in [3.05, 3.63) is 50.1 Å². The van der Waals surface area contributed by atoms with E-state index in [0.717, 1.165) is 19.9 Å². The van der Waals surface area contributed by atoms with Crippen LogP contribution in [0.5, 0.6) is 0 Å². The minimum Gasteiger partial charge on any atom is -0.387 e. The van der Waals surface area contributed by atoms with Gasteiger partial charge in [0, 0.05) is 17.1 Å². The quantitative estimate of drug-likeness (QED) is 0.938. The number of rotatable bonds is 3. The van der Waals surface area contributed by atoms with Crippen molar-refractivity contribution in [3.63, 3.8) is 0 Å². The van der Waals surface area contributed by atoms with Crippen LogP contribution in [0.25, 0.3) is 0 Å². The lowest BCUT2D eigenvalue weighted by Crippen LogP contribution is -2.00. The standard InChI is InChI=1S/C12H11BrFNOS/c1-7-15-6-12(17-7)11(16)5-8-4-9(14)2-3-10(8)13/h2-4,6,11,16H,5H2,1H3. The van der Waals surface area contributed by atoms with Crippen LogP contribution in [-0.4, -0.2) is 10.1 Å². The van der Waals surface area contributed by atoms with E-state index in [4.69, 9.17) is 0 Å². The van der Waals surface area contributed by atoms with Crippen molar-refractivity contribution in [3.8, 4) is 0 Å². The van der Waals surface area contributed by atoms with Crippen molar-refractivity contribution in [2.24, 2.45) is 0 Å². The molecule has 1 atom stereocenters. The van der Waals surface area contributed by atoms with Gasteiger partial charge in [0.2, 0.25) is 0 Å². The Labute approximate surface area is 111 Å². The molecule has 0 radical (unpaired) electrons. The first-order valence-electron chi connectivity index (χ1n) is 5.10. The summed E-state index contributed by atoms with van der Waals surface area (Å²) in [5.41, 5.74) is 0.753. The normalized spacial score (nSPS) is 12.7. The SMILES string of the molecule is Cc1ncc(C(O)Cc2cc(F)ccc2Br)s1. The maximum atomic E-state index is 13.1. The second-order valence-electron chi connectivity index (χ2n) is 3.74. The van der Waals surface area contributed by atoms with Crippen LogP contribution in [0.3, 0.4) is 0 Å². The first-order valence-corrected chi connectivity index (χ1v) is 6.71. The van der Waals surface area contributed by atoms with Crippen molar-refractivity contribution in [1.29, 1.82) is 0 Å². The van der Waals surface area contributed by atoms with E-state index in [1.807, 2.05) is 6.92 Å². The molecule has 2 nitrogen and oxygen atoms in total. The fourth-order valence-electron chi connectivity index (χ4n) is 1.54. The number of benzene rings is 1. The van der Waals surface area contributed by atoms with E-state index in [1.165, 1.54) is 23.5 Å². The van der Waals surface area contributed by atoms with Crippen molar-refractivity contribution in [2.45, 2.75) is 19.4 Å². The number of halogens is 2. The molecule has 0 fully saturated rings. The number of nitrogens with zero attached hydrogens (tertiary/aromatic N) is 1. The highest BCUT2D eigenvalue weighted by atomic mass is 79.9. The fraction of sp³-hybridized carbons (Fsp3) is 0.250. The fourth-order valence-corrected chi connectivity index (χ4v) is 2.72. The Morgan fingerprint density at radius 3 is 2.94 bits per heavy atom. The summed E-state index contributed by atoms with van der Waals surface area (Å²) >= 11 is 4.80. The van der Waals surface area contributed by atoms with Gasteiger partial charge in [0.25, 0.3) is 0 Å². The number of aryl methyl sites for hydroxylation is 1. The zero-order chi connectivity index (χ0) is 12.4. The van der Waals surface area contributed by atoms with E-state index in [0.29, 0.717) is 6.42 Å². The molecule has 0 aliphatic rings. The number of aliphatic hydroxyl groups excluding tert-OH is 1. The average molecular weight is 316 g/mol. The molecule has 2 rings (SSSR count). The first kappa shape index (κ1) is 12.7. The summed E-state index contributed by atoms with van der Waals surface area (Å²) < 4.78 is 13.9. The minimum absolute atomic E-state index is 0.295. The smallest absolute Gasteiger partial charge is 0.123 e. The summed E-state index contributed by atoms with van der Waals surface area (Å²) in [7, 11) is 0. The molecule has 1 aromatic heterocycles. The predicted octanol–water partition coefficient (Wildman–Crippen LogP) is 3.63. The zero-order valence-corrected chi connectivity index (χ0v) is 11.6. The zero-order valence-electron chi connectivity index (χ0n) is 9.15. The molecule has 2 aromatic rings. The van der Waals surface area contributed by atoms with Gasteiger partial charge in [-0.05, 0) is 30.7 Å². The van der Waals surface area contributed by atoms with Crippen LogP contribution in [0.2, 0.25) is 0 Å². The van der Waals surface area contributed by atoms with Crippen molar-refractivity contribution in [1.82, 2.24) is 4.98 Å². The van der Waals surface area contributed by atoms with Gasteiger partial charge in [0.1, 0.15) is 5.82 Å². The van der Waals surface area contributed by atoms with Crippen LogP contribution in [-0.2, 0) is 6.42 Å². The molecule has 1 unspecified atom stereocenters. The maximum Gasteiger partial charge on any atom is 0.123 e. The summed E-state index contributed by atoms with van der Waals surface area (Å²) in [6, 6.07) is 4.47. The molecular formula is C12H11BrFNOS. The van der Waals surface area contributed by atoms with E-state index in [9.17, 15) is 9.50 Å². The lowest BCUT2D eigenvalue weighted by molar-refractivity contribution is 0.182. The van der Waals surface area contributed by atoms with Gasteiger partial charge in [-0.15, -0.1) is 11.3 Å². The van der Waals surface area contributed by atoms with Gasteiger partial charge in [-0.1, -0.05) is 15.9 Å². The van der Waals surface area contributed by atoms with Gasteiger partial charge >= 0.3 is 0 Å². The van der Waals surface area contributed by atoms with Crippen LogP contribution in [0, 0.1) is 12.7 Å². The number of aromatic nitrogens is 1. The Kier molecular flexibility index (Phi) is 3.91. The second-order valence-corrected chi connectivity index (χ2v) is 5.86. The molecular weight excluding hydrogens is 305 g/mol. The Balaban J connectivity index is 2.18. The highest BCUT2D eigenvalue weighted by molar-refractivity contribution is 9.10. The molecule has 0 saturated heterocycles. The first-order chi connectivity index (χ1) is 8.06. The number of aliphatic hydroxyl groups is 1. The molecule has 0 amide bonds. The molecule has 1 aromatic carbocycles. The number of hydrogen-bond acceptors (Lipinski definition) is 3. The van der Waals surface area contributed by atoms with Crippen LogP contribution in [0.15, 0.2) is 28.9 Å². The molecule has 0 aliphatic heterocycles. The van der Waals surface area contributed by atoms with Crippen LogP contribution in [0.4, 0.5) is 4.39 Å². The maximum absolute atomic E-state index is 13.1. The lowest BCUT2D eigenvalue weighted by Gasteiger charge is -2.09. The van der Waals surface area contributed by atoms with Gasteiger partial charge in [-0.2, -0.15) is 0 Å². The van der Waals surface area contributed by atoms with Gasteiger partial charge in [-0.3, -0.25) is 0 Å². The highest BCUT2D eigenvalue weighted by Crippen LogP contribution is 2.27. The van der Waals surface area contributed by atoms with Crippen molar-refractivity contribution >= 4 is 27.3 Å². The second kappa shape index (κ2) is 5.25. The van der Waals surface area contributed by atoms with Crippen LogP contribution >= 0.6 is 27.3 Å². The van der Waals surface area contributed by atoms with E-state index in [2.05, 4.69) is 20.9 Å². The Hall–Kier alpha value is -0.780. The molecule has 0 bridgehead atoms. The molecule has 1 heterocycles. The van der Waals surface area contributed by atoms with E-state index in [-0.39, 0.29) is 5.82 Å². The van der Waals surface area contributed by atoms with Crippen molar-refractivity contribution in [2.75, 3.05) is 0 Å². The van der Waals surface area contributed by atoms with Gasteiger partial charge in [0.05, 0.1) is 16.0 Å². The Morgan fingerprint density at radius 2 is 2.29 bits per heavy atom.